The van der Waals surface area contributed by atoms with Gasteiger partial charge in [-0.3, -0.25) is 15.2 Å². The Morgan fingerprint density at radius 1 is 1.43 bits per heavy atom. The maximum atomic E-state index is 12.6. The fourth-order valence-corrected chi connectivity index (χ4v) is 3.36. The quantitative estimate of drug-likeness (QED) is 0.688. The number of thiophene rings is 1. The van der Waals surface area contributed by atoms with Crippen LogP contribution in [0.4, 0.5) is 5.95 Å². The number of H-pyrrole nitrogens is 1. The molecule has 120 valence electrons. The van der Waals surface area contributed by atoms with Crippen molar-refractivity contribution in [3.63, 3.8) is 0 Å². The third kappa shape index (κ3) is 3.83. The summed E-state index contributed by atoms with van der Waals surface area (Å²) in [7, 11) is 0. The van der Waals surface area contributed by atoms with Crippen molar-refractivity contribution in [1.29, 1.82) is 0 Å². The Morgan fingerprint density at radius 2 is 2.26 bits per heavy atom. The number of anilines is 1. The molecule has 1 amide bonds. The summed E-state index contributed by atoms with van der Waals surface area (Å²) in [5.41, 5.74) is 0. The van der Waals surface area contributed by atoms with Crippen LogP contribution in [-0.4, -0.2) is 37.7 Å². The molecule has 0 unspecified atom stereocenters. The number of carbonyl (C=O) groups is 1. The van der Waals surface area contributed by atoms with Gasteiger partial charge in [0.25, 0.3) is 0 Å². The summed E-state index contributed by atoms with van der Waals surface area (Å²) in [5.74, 6) is 1.77. The van der Waals surface area contributed by atoms with Gasteiger partial charge in [0.1, 0.15) is 6.04 Å². The maximum Gasteiger partial charge on any atom is 0.249 e. The standard InChI is InChI=1S/C15H17N5OS2/c1-22-10-6-11(20-7-2-3-8-20)14(21)17-15-16-13(18-19-15)12-5-4-9-23-12/h2-5,7-9,11H,6,10H2,1H3,(H2,16,17,18,19,21)/t11-/m1/s1. The van der Waals surface area contributed by atoms with Gasteiger partial charge in [0.2, 0.25) is 11.9 Å². The summed E-state index contributed by atoms with van der Waals surface area (Å²) in [6, 6.07) is 7.48. The molecule has 23 heavy (non-hydrogen) atoms. The summed E-state index contributed by atoms with van der Waals surface area (Å²) >= 11 is 3.29. The van der Waals surface area contributed by atoms with Gasteiger partial charge in [-0.05, 0) is 42.0 Å². The summed E-state index contributed by atoms with van der Waals surface area (Å²) in [4.78, 5) is 17.9. The van der Waals surface area contributed by atoms with E-state index in [0.29, 0.717) is 11.8 Å². The fraction of sp³-hybridized carbons (Fsp3) is 0.267. The van der Waals surface area contributed by atoms with E-state index >= 15 is 0 Å². The van der Waals surface area contributed by atoms with Crippen LogP contribution in [0.3, 0.4) is 0 Å². The van der Waals surface area contributed by atoms with Gasteiger partial charge in [-0.25, -0.2) is 0 Å². The predicted octanol–water partition coefficient (Wildman–Crippen LogP) is 3.27. The Kier molecular flexibility index (Phi) is 5.14. The van der Waals surface area contributed by atoms with Crippen molar-refractivity contribution in [3.8, 4) is 10.7 Å². The molecule has 0 bridgehead atoms. The minimum atomic E-state index is -0.263. The average molecular weight is 347 g/mol. The third-order valence-corrected chi connectivity index (χ3v) is 4.88. The Balaban J connectivity index is 1.71. The van der Waals surface area contributed by atoms with Gasteiger partial charge >= 0.3 is 0 Å². The molecule has 3 heterocycles. The predicted molar refractivity (Wildman–Crippen MR) is 94.8 cm³/mol. The topological polar surface area (TPSA) is 75.6 Å². The average Bonchev–Trinajstić information content (AvgIpc) is 3.30. The molecule has 0 aliphatic rings. The van der Waals surface area contributed by atoms with Crippen LogP contribution >= 0.6 is 23.1 Å². The van der Waals surface area contributed by atoms with Gasteiger partial charge in [0.15, 0.2) is 5.82 Å². The molecule has 0 saturated heterocycles. The lowest BCUT2D eigenvalue weighted by molar-refractivity contribution is -0.119. The SMILES string of the molecule is CSCC[C@H](C(=O)Nc1n[nH]c(-c2cccs2)n1)n1cccc1. The minimum absolute atomic E-state index is 0.105. The zero-order chi connectivity index (χ0) is 16.1. The number of aromatic amines is 1. The molecule has 0 fully saturated rings. The number of carbonyl (C=O) groups excluding carboxylic acids is 1. The summed E-state index contributed by atoms with van der Waals surface area (Å²) in [6.45, 7) is 0. The number of thioether (sulfide) groups is 1. The summed E-state index contributed by atoms with van der Waals surface area (Å²) < 4.78 is 1.92. The highest BCUT2D eigenvalue weighted by Crippen LogP contribution is 2.22. The van der Waals surface area contributed by atoms with Crippen LogP contribution in [0.15, 0.2) is 42.0 Å². The first kappa shape index (κ1) is 15.8. The molecule has 0 aliphatic carbocycles. The van der Waals surface area contributed by atoms with Gasteiger partial charge < -0.3 is 4.57 Å². The van der Waals surface area contributed by atoms with E-state index in [2.05, 4.69) is 20.5 Å². The van der Waals surface area contributed by atoms with E-state index in [1.165, 1.54) is 0 Å². The second-order valence-electron chi connectivity index (χ2n) is 4.90. The van der Waals surface area contributed by atoms with E-state index in [9.17, 15) is 4.79 Å². The summed E-state index contributed by atoms with van der Waals surface area (Å²) in [5, 5.41) is 11.7. The van der Waals surface area contributed by atoms with Gasteiger partial charge in [-0.15, -0.1) is 16.4 Å². The monoisotopic (exact) mass is 347 g/mol. The summed E-state index contributed by atoms with van der Waals surface area (Å²) in [6.07, 6.45) is 6.59. The van der Waals surface area contributed by atoms with E-state index in [-0.39, 0.29) is 11.9 Å². The molecule has 0 radical (unpaired) electrons. The highest BCUT2D eigenvalue weighted by Gasteiger charge is 2.21. The zero-order valence-electron chi connectivity index (χ0n) is 12.6. The number of rotatable bonds is 7. The van der Waals surface area contributed by atoms with Crippen LogP contribution in [0.25, 0.3) is 10.7 Å². The van der Waals surface area contributed by atoms with E-state index in [4.69, 9.17) is 0 Å². The van der Waals surface area contributed by atoms with Crippen LogP contribution in [0.5, 0.6) is 0 Å². The van der Waals surface area contributed by atoms with Crippen LogP contribution < -0.4 is 5.32 Å². The molecule has 3 rings (SSSR count). The third-order valence-electron chi connectivity index (χ3n) is 3.36. The van der Waals surface area contributed by atoms with Crippen LogP contribution in [0.1, 0.15) is 12.5 Å². The van der Waals surface area contributed by atoms with Gasteiger partial charge in [-0.1, -0.05) is 6.07 Å². The molecule has 0 aliphatic heterocycles. The highest BCUT2D eigenvalue weighted by atomic mass is 32.2. The number of aromatic nitrogens is 4. The second-order valence-corrected chi connectivity index (χ2v) is 6.83. The molecule has 0 aromatic carbocycles. The smallest absolute Gasteiger partial charge is 0.249 e. The number of nitrogens with one attached hydrogen (secondary N) is 2. The van der Waals surface area contributed by atoms with E-state index in [0.717, 1.165) is 17.1 Å². The number of amides is 1. The largest absolute Gasteiger partial charge is 0.342 e. The van der Waals surface area contributed by atoms with Crippen molar-refractivity contribution in [2.24, 2.45) is 0 Å². The lowest BCUT2D eigenvalue weighted by atomic mass is 10.2. The fourth-order valence-electron chi connectivity index (χ4n) is 2.24. The highest BCUT2D eigenvalue weighted by molar-refractivity contribution is 7.98. The van der Waals surface area contributed by atoms with Crippen molar-refractivity contribution in [2.75, 3.05) is 17.3 Å². The Bertz CT molecular complexity index is 736. The minimum Gasteiger partial charge on any atom is -0.342 e. The van der Waals surface area contributed by atoms with E-state index in [1.54, 1.807) is 23.1 Å². The molecule has 0 spiro atoms. The zero-order valence-corrected chi connectivity index (χ0v) is 14.2. The Morgan fingerprint density at radius 3 is 2.96 bits per heavy atom. The number of hydrogen-bond acceptors (Lipinski definition) is 5. The lowest BCUT2D eigenvalue weighted by Crippen LogP contribution is -2.26. The molecule has 8 heteroatoms. The Labute approximate surface area is 142 Å². The van der Waals surface area contributed by atoms with E-state index < -0.39 is 0 Å². The molecular weight excluding hydrogens is 330 g/mol. The lowest BCUT2D eigenvalue weighted by Gasteiger charge is -2.17. The molecule has 2 N–H and O–H groups in total. The first-order valence-corrected chi connectivity index (χ1v) is 9.44. The maximum absolute atomic E-state index is 12.6. The first-order valence-electron chi connectivity index (χ1n) is 7.16. The van der Waals surface area contributed by atoms with Crippen molar-refractivity contribution < 1.29 is 4.79 Å². The second kappa shape index (κ2) is 7.47. The number of hydrogen-bond donors (Lipinski definition) is 2. The van der Waals surface area contributed by atoms with E-state index in [1.807, 2.05) is 52.9 Å². The molecule has 6 nitrogen and oxygen atoms in total. The molecule has 1 atom stereocenters. The first-order chi connectivity index (χ1) is 11.3. The normalized spacial score (nSPS) is 12.2. The molecule has 0 saturated carbocycles. The van der Waals surface area contributed by atoms with Gasteiger partial charge in [0, 0.05) is 12.4 Å². The molecule has 3 aromatic rings. The van der Waals surface area contributed by atoms with Gasteiger partial charge in [-0.2, -0.15) is 16.7 Å². The number of nitrogens with zero attached hydrogens (tertiary/aromatic N) is 3. The van der Waals surface area contributed by atoms with Crippen LogP contribution in [0, 0.1) is 0 Å². The molecular formula is C15H17N5OS2. The Hall–Kier alpha value is -2.06. The molecule has 3 aromatic heterocycles. The van der Waals surface area contributed by atoms with Crippen molar-refractivity contribution >= 4 is 35.0 Å². The van der Waals surface area contributed by atoms with Crippen LogP contribution in [-0.2, 0) is 4.79 Å². The van der Waals surface area contributed by atoms with Crippen molar-refractivity contribution in [1.82, 2.24) is 19.7 Å². The van der Waals surface area contributed by atoms with Crippen LogP contribution in [0.2, 0.25) is 0 Å². The van der Waals surface area contributed by atoms with Crippen molar-refractivity contribution in [2.45, 2.75) is 12.5 Å². The van der Waals surface area contributed by atoms with Crippen molar-refractivity contribution in [3.05, 3.63) is 42.0 Å². The van der Waals surface area contributed by atoms with Gasteiger partial charge in [0.05, 0.1) is 4.88 Å².